The summed E-state index contributed by atoms with van der Waals surface area (Å²) >= 11 is 0. The second-order valence-corrected chi connectivity index (χ2v) is 2.56. The van der Waals surface area contributed by atoms with E-state index >= 15 is 0 Å². The molecule has 5 nitrogen and oxygen atoms in total. The van der Waals surface area contributed by atoms with Gasteiger partial charge < -0.3 is 10.9 Å². The van der Waals surface area contributed by atoms with Gasteiger partial charge in [0.05, 0.1) is 7.05 Å². The van der Waals surface area contributed by atoms with Crippen molar-refractivity contribution in [3.05, 3.63) is 29.5 Å². The van der Waals surface area contributed by atoms with Gasteiger partial charge in [0.15, 0.2) is 0 Å². The maximum absolute atomic E-state index is 11.0. The summed E-state index contributed by atoms with van der Waals surface area (Å²) in [6.45, 7) is 3.30. The summed E-state index contributed by atoms with van der Waals surface area (Å²) < 4.78 is 0. The first-order valence-corrected chi connectivity index (χ1v) is 3.78. The first-order chi connectivity index (χ1) is 6.15. The third-order valence-corrected chi connectivity index (χ3v) is 1.58. The van der Waals surface area contributed by atoms with Crippen molar-refractivity contribution in [1.29, 1.82) is 0 Å². The average molecular weight is 180 g/mol. The smallest absolute Gasteiger partial charge is 0.116 e. The molecule has 0 spiro atoms. The molecule has 70 valence electrons. The molecule has 1 atom stereocenters. The Morgan fingerprint density at radius 1 is 1.46 bits per heavy atom. The fraction of sp³-hybridized carbons (Fsp3) is 0.125. The van der Waals surface area contributed by atoms with Crippen LogP contribution in [-0.4, -0.2) is 13.8 Å². The van der Waals surface area contributed by atoms with Crippen molar-refractivity contribution in [2.45, 2.75) is 0 Å². The molecule has 0 saturated carbocycles. The molecule has 0 fully saturated rings. The van der Waals surface area contributed by atoms with E-state index in [2.05, 4.69) is 11.8 Å². The Morgan fingerprint density at radius 2 is 2.00 bits per heavy atom. The second-order valence-electron chi connectivity index (χ2n) is 2.56. The van der Waals surface area contributed by atoms with E-state index in [0.29, 0.717) is 11.4 Å². The number of quaternary nitrogens is 1. The lowest BCUT2D eigenvalue weighted by Crippen LogP contribution is -3.11. The highest BCUT2D eigenvalue weighted by Crippen LogP contribution is 2.12. The topological polar surface area (TPSA) is 69.1 Å². The van der Waals surface area contributed by atoms with Crippen LogP contribution in [0.5, 0.6) is 0 Å². The van der Waals surface area contributed by atoms with Crippen LogP contribution in [0.3, 0.4) is 0 Å². The fourth-order valence-electron chi connectivity index (χ4n) is 0.979. The van der Waals surface area contributed by atoms with Gasteiger partial charge in [0.1, 0.15) is 5.69 Å². The van der Waals surface area contributed by atoms with Crippen LogP contribution >= 0.6 is 0 Å². The highest BCUT2D eigenvalue weighted by molar-refractivity contribution is 5.51. The number of nitrogens with one attached hydrogen (secondary N) is 1. The Labute approximate surface area is 76.6 Å². The van der Waals surface area contributed by atoms with Gasteiger partial charge in [-0.3, -0.25) is 0 Å². The van der Waals surface area contributed by atoms with Gasteiger partial charge in [-0.15, -0.1) is 10.2 Å². The molecular weight excluding hydrogens is 168 g/mol. The molecule has 1 rings (SSSR count). The summed E-state index contributed by atoms with van der Waals surface area (Å²) in [6.07, 6.45) is 0. The molecule has 13 heavy (non-hydrogen) atoms. The van der Waals surface area contributed by atoms with Crippen molar-refractivity contribution in [3.63, 3.8) is 0 Å². The van der Waals surface area contributed by atoms with E-state index < -0.39 is 0 Å². The zero-order chi connectivity index (χ0) is 9.84. The zero-order valence-electron chi connectivity index (χ0n) is 7.40. The molecule has 0 aromatic heterocycles. The molecular formula is C8H12N4O. The molecule has 0 aliphatic heterocycles. The van der Waals surface area contributed by atoms with Crippen molar-refractivity contribution >= 4 is 18.1 Å². The Hall–Kier alpha value is -1.59. The minimum absolute atomic E-state index is 0.181. The number of nitrogens with two attached hydrogens (primary N) is 1. The quantitative estimate of drug-likeness (QED) is 0.378. The van der Waals surface area contributed by atoms with E-state index in [9.17, 15) is 5.21 Å². The minimum Gasteiger partial charge on any atom is -0.606 e. The Morgan fingerprint density at radius 3 is 2.38 bits per heavy atom. The van der Waals surface area contributed by atoms with Gasteiger partial charge in [-0.05, 0) is 24.3 Å². The number of hydroxylamine groups is 1. The molecule has 0 saturated heterocycles. The van der Waals surface area contributed by atoms with E-state index in [-0.39, 0.29) is 5.17 Å². The van der Waals surface area contributed by atoms with E-state index in [1.54, 1.807) is 24.3 Å². The summed E-state index contributed by atoms with van der Waals surface area (Å²) in [5.41, 5.74) is 6.81. The molecule has 5 heteroatoms. The second kappa shape index (κ2) is 3.88. The van der Waals surface area contributed by atoms with Crippen molar-refractivity contribution in [3.8, 4) is 0 Å². The monoisotopic (exact) mass is 180 g/mol. The van der Waals surface area contributed by atoms with Gasteiger partial charge in [0, 0.05) is 12.4 Å². The summed E-state index contributed by atoms with van der Waals surface area (Å²) in [5, 5.41) is 15.6. The number of nitrogen functional groups attached to an aromatic ring is 1. The van der Waals surface area contributed by atoms with Gasteiger partial charge >= 0.3 is 0 Å². The Bertz CT molecular complexity index is 283. The van der Waals surface area contributed by atoms with Crippen molar-refractivity contribution < 1.29 is 5.17 Å². The van der Waals surface area contributed by atoms with Crippen LogP contribution in [0.4, 0.5) is 11.4 Å². The van der Waals surface area contributed by atoms with Crippen LogP contribution < -0.4 is 16.0 Å². The van der Waals surface area contributed by atoms with E-state index in [0.717, 1.165) is 0 Å². The molecule has 1 unspecified atom stereocenters. The van der Waals surface area contributed by atoms with Gasteiger partial charge in [0.2, 0.25) is 0 Å². The number of nitrogens with zero attached hydrogens (tertiary/aromatic N) is 2. The first-order valence-electron chi connectivity index (χ1n) is 3.78. The van der Waals surface area contributed by atoms with Crippen molar-refractivity contribution in [1.82, 2.24) is 0 Å². The highest BCUT2D eigenvalue weighted by atomic mass is 16.6. The summed E-state index contributed by atoms with van der Waals surface area (Å²) in [5.74, 6) is 0. The number of rotatable bonds is 3. The predicted molar refractivity (Wildman–Crippen MR) is 53.1 cm³/mol. The fourth-order valence-corrected chi connectivity index (χ4v) is 0.979. The summed E-state index contributed by atoms with van der Waals surface area (Å²) in [4.78, 5) is 0. The lowest BCUT2D eigenvalue weighted by Gasteiger charge is -2.26. The zero-order valence-corrected chi connectivity index (χ0v) is 7.40. The van der Waals surface area contributed by atoms with Crippen LogP contribution in [0.25, 0.3) is 0 Å². The lowest BCUT2D eigenvalue weighted by molar-refractivity contribution is -0.836. The standard InChI is InChI=1S/C8H12N4O/c1-10-12(11(2)13)8-5-3-7(9)4-6-8/h3-6,11H,1,9H2,2H3. The van der Waals surface area contributed by atoms with Crippen LogP contribution in [0.1, 0.15) is 0 Å². The van der Waals surface area contributed by atoms with Crippen molar-refractivity contribution in [2.24, 2.45) is 5.10 Å². The van der Waals surface area contributed by atoms with Crippen molar-refractivity contribution in [2.75, 3.05) is 17.9 Å². The minimum atomic E-state index is -0.181. The molecule has 3 N–H and O–H groups in total. The van der Waals surface area contributed by atoms with Gasteiger partial charge in [0.25, 0.3) is 0 Å². The maximum Gasteiger partial charge on any atom is 0.116 e. The summed E-state index contributed by atoms with van der Waals surface area (Å²) in [7, 11) is 1.42. The molecule has 1 aromatic rings. The van der Waals surface area contributed by atoms with Gasteiger partial charge in [-0.1, -0.05) is 0 Å². The number of hydrogen-bond donors (Lipinski definition) is 2. The Kier molecular flexibility index (Phi) is 2.84. The van der Waals surface area contributed by atoms with Crippen LogP contribution in [-0.2, 0) is 0 Å². The van der Waals surface area contributed by atoms with E-state index in [1.165, 1.54) is 12.2 Å². The maximum atomic E-state index is 11.0. The lowest BCUT2D eigenvalue weighted by atomic mass is 10.3. The highest BCUT2D eigenvalue weighted by Gasteiger charge is 2.06. The van der Waals surface area contributed by atoms with E-state index in [4.69, 9.17) is 5.73 Å². The van der Waals surface area contributed by atoms with Crippen LogP contribution in [0, 0.1) is 5.21 Å². The number of hydrogen-bond acceptors (Lipinski definition) is 4. The van der Waals surface area contributed by atoms with Gasteiger partial charge in [-0.2, -0.15) is 0 Å². The summed E-state index contributed by atoms with van der Waals surface area (Å²) in [6, 6.07) is 6.84. The number of benzene rings is 1. The molecule has 0 amide bonds. The molecule has 1 aromatic carbocycles. The van der Waals surface area contributed by atoms with Gasteiger partial charge in [-0.25, -0.2) is 5.17 Å². The van der Waals surface area contributed by atoms with Crippen LogP contribution in [0.15, 0.2) is 29.4 Å². The number of hydrazone groups is 1. The SMILES string of the molecule is C=NN(c1ccc(N)cc1)[NH+](C)[O-]. The Balaban J connectivity index is 2.92. The first kappa shape index (κ1) is 9.50. The van der Waals surface area contributed by atoms with Crippen LogP contribution in [0.2, 0.25) is 0 Å². The third-order valence-electron chi connectivity index (χ3n) is 1.58. The molecule has 0 bridgehead atoms. The molecule has 0 aliphatic rings. The average Bonchev–Trinajstić information content (AvgIpc) is 2.09. The molecule has 0 aliphatic carbocycles. The van der Waals surface area contributed by atoms with E-state index in [1.807, 2.05) is 0 Å². The molecule has 0 heterocycles. The third kappa shape index (κ3) is 2.17. The number of anilines is 2. The normalized spacial score (nSPS) is 12.2. The molecule has 0 radical (unpaired) electrons. The largest absolute Gasteiger partial charge is 0.606 e. The predicted octanol–water partition coefficient (Wildman–Crippen LogP) is -0.382.